The Labute approximate surface area is 109 Å². The monoisotopic (exact) mass is 250 g/mol. The highest BCUT2D eigenvalue weighted by molar-refractivity contribution is 5.49. The van der Waals surface area contributed by atoms with Gasteiger partial charge in [-0.3, -0.25) is 0 Å². The van der Waals surface area contributed by atoms with Crippen LogP contribution in [-0.4, -0.2) is 20.6 Å². The molecule has 0 heterocycles. The van der Waals surface area contributed by atoms with Crippen molar-refractivity contribution in [1.29, 1.82) is 0 Å². The van der Waals surface area contributed by atoms with Crippen LogP contribution in [-0.2, 0) is 0 Å². The maximum Gasteiger partial charge on any atom is 0.146 e. The first kappa shape index (κ1) is 13.3. The van der Waals surface area contributed by atoms with Crippen LogP contribution in [0.2, 0.25) is 0 Å². The molecule has 1 fully saturated rings. The Balaban J connectivity index is 2.08. The summed E-state index contributed by atoms with van der Waals surface area (Å²) in [5.41, 5.74) is 1.71. The van der Waals surface area contributed by atoms with E-state index in [1.165, 1.54) is 19.3 Å². The van der Waals surface area contributed by atoms with Gasteiger partial charge in [0.25, 0.3) is 0 Å². The predicted molar refractivity (Wildman–Crippen MR) is 74.5 cm³/mol. The Morgan fingerprint density at radius 1 is 1.44 bits per heavy atom. The molecule has 0 saturated heterocycles. The summed E-state index contributed by atoms with van der Waals surface area (Å²) < 4.78 is 14.1. The highest BCUT2D eigenvalue weighted by Gasteiger charge is 2.20. The zero-order valence-corrected chi connectivity index (χ0v) is 11.5. The standard InChI is InChI=1S/C15H23FN2/c1-11(17-2)13-7-8-15(14(16)9-13)18(3)10-12-5-4-6-12/h7-9,11-12,17H,4-6,10H2,1-3H3. The van der Waals surface area contributed by atoms with Crippen molar-refractivity contribution in [3.8, 4) is 0 Å². The van der Waals surface area contributed by atoms with Gasteiger partial charge in [-0.2, -0.15) is 0 Å². The van der Waals surface area contributed by atoms with Crippen LogP contribution in [0.3, 0.4) is 0 Å². The van der Waals surface area contributed by atoms with Crippen molar-refractivity contribution in [3.63, 3.8) is 0 Å². The highest BCUT2D eigenvalue weighted by atomic mass is 19.1. The Hall–Kier alpha value is -1.09. The van der Waals surface area contributed by atoms with Crippen LogP contribution in [0.1, 0.15) is 37.8 Å². The first-order valence-electron chi connectivity index (χ1n) is 6.79. The van der Waals surface area contributed by atoms with E-state index in [1.807, 2.05) is 38.1 Å². The van der Waals surface area contributed by atoms with Crippen molar-refractivity contribution in [2.75, 3.05) is 25.5 Å². The second kappa shape index (κ2) is 5.70. The molecule has 1 saturated carbocycles. The number of nitrogens with zero attached hydrogens (tertiary/aromatic N) is 1. The van der Waals surface area contributed by atoms with Crippen molar-refractivity contribution in [3.05, 3.63) is 29.6 Å². The zero-order valence-electron chi connectivity index (χ0n) is 11.5. The first-order chi connectivity index (χ1) is 8.61. The molecule has 1 aliphatic rings. The number of hydrogen-bond donors (Lipinski definition) is 1. The lowest BCUT2D eigenvalue weighted by Crippen LogP contribution is -2.29. The normalized spacial score (nSPS) is 17.3. The van der Waals surface area contributed by atoms with E-state index in [1.54, 1.807) is 6.07 Å². The number of anilines is 1. The molecule has 0 bridgehead atoms. The summed E-state index contributed by atoms with van der Waals surface area (Å²) in [6, 6.07) is 5.74. The Morgan fingerprint density at radius 3 is 2.67 bits per heavy atom. The van der Waals surface area contributed by atoms with Gasteiger partial charge in [-0.05, 0) is 50.4 Å². The summed E-state index contributed by atoms with van der Waals surface area (Å²) in [7, 11) is 3.87. The summed E-state index contributed by atoms with van der Waals surface area (Å²) in [6.07, 6.45) is 3.92. The Bertz CT molecular complexity index is 401. The molecule has 2 nitrogen and oxygen atoms in total. The molecule has 1 atom stereocenters. The second-order valence-electron chi connectivity index (χ2n) is 5.40. The zero-order chi connectivity index (χ0) is 13.1. The van der Waals surface area contributed by atoms with Crippen LogP contribution in [0.25, 0.3) is 0 Å². The molecule has 2 rings (SSSR count). The lowest BCUT2D eigenvalue weighted by atomic mass is 9.85. The van der Waals surface area contributed by atoms with E-state index < -0.39 is 0 Å². The van der Waals surface area contributed by atoms with Gasteiger partial charge in [0.15, 0.2) is 0 Å². The molecular formula is C15H23FN2. The quantitative estimate of drug-likeness (QED) is 0.862. The minimum absolute atomic E-state index is 0.114. The highest BCUT2D eigenvalue weighted by Crippen LogP contribution is 2.29. The maximum atomic E-state index is 14.1. The molecule has 3 heteroatoms. The minimum Gasteiger partial charge on any atom is -0.372 e. The van der Waals surface area contributed by atoms with Crippen LogP contribution < -0.4 is 10.2 Å². The van der Waals surface area contributed by atoms with Crippen LogP contribution in [0.4, 0.5) is 10.1 Å². The molecule has 0 spiro atoms. The predicted octanol–water partition coefficient (Wildman–Crippen LogP) is 3.34. The third-order valence-electron chi connectivity index (χ3n) is 4.07. The molecule has 0 aromatic heterocycles. The summed E-state index contributed by atoms with van der Waals surface area (Å²) >= 11 is 0. The van der Waals surface area contributed by atoms with E-state index in [0.29, 0.717) is 5.69 Å². The molecule has 0 aliphatic heterocycles. The van der Waals surface area contributed by atoms with Gasteiger partial charge in [0.05, 0.1) is 5.69 Å². The average Bonchev–Trinajstić information content (AvgIpc) is 2.32. The van der Waals surface area contributed by atoms with E-state index in [-0.39, 0.29) is 11.9 Å². The average molecular weight is 250 g/mol. The topological polar surface area (TPSA) is 15.3 Å². The molecular weight excluding hydrogens is 227 g/mol. The summed E-state index contributed by atoms with van der Waals surface area (Å²) in [4.78, 5) is 2.05. The number of hydrogen-bond acceptors (Lipinski definition) is 2. The minimum atomic E-state index is -0.114. The number of benzene rings is 1. The van der Waals surface area contributed by atoms with Crippen molar-refractivity contribution < 1.29 is 4.39 Å². The molecule has 0 amide bonds. The number of rotatable bonds is 5. The Morgan fingerprint density at radius 2 is 2.17 bits per heavy atom. The van der Waals surface area contributed by atoms with Gasteiger partial charge in [-0.1, -0.05) is 12.5 Å². The second-order valence-corrected chi connectivity index (χ2v) is 5.40. The summed E-state index contributed by atoms with van der Waals surface area (Å²) in [5, 5.41) is 3.13. The van der Waals surface area contributed by atoms with E-state index in [9.17, 15) is 4.39 Å². The SMILES string of the molecule is CNC(C)c1ccc(N(C)CC2CCC2)c(F)c1. The van der Waals surface area contributed by atoms with Gasteiger partial charge in [-0.15, -0.1) is 0 Å². The lowest BCUT2D eigenvalue weighted by Gasteiger charge is -2.31. The van der Waals surface area contributed by atoms with Crippen molar-refractivity contribution in [2.24, 2.45) is 5.92 Å². The fraction of sp³-hybridized carbons (Fsp3) is 0.600. The third kappa shape index (κ3) is 2.83. The van der Waals surface area contributed by atoms with Gasteiger partial charge < -0.3 is 10.2 Å². The summed E-state index contributed by atoms with van der Waals surface area (Å²) in [5.74, 6) is 0.640. The Kier molecular flexibility index (Phi) is 4.23. The van der Waals surface area contributed by atoms with Gasteiger partial charge in [0.1, 0.15) is 5.82 Å². The van der Waals surface area contributed by atoms with Crippen molar-refractivity contribution in [1.82, 2.24) is 5.32 Å². The molecule has 1 N–H and O–H groups in total. The molecule has 1 aromatic rings. The van der Waals surface area contributed by atoms with E-state index in [0.717, 1.165) is 18.0 Å². The van der Waals surface area contributed by atoms with Crippen LogP contribution in [0.15, 0.2) is 18.2 Å². The fourth-order valence-electron chi connectivity index (χ4n) is 2.43. The van der Waals surface area contributed by atoms with Gasteiger partial charge >= 0.3 is 0 Å². The fourth-order valence-corrected chi connectivity index (χ4v) is 2.43. The maximum absolute atomic E-state index is 14.1. The molecule has 0 radical (unpaired) electrons. The van der Waals surface area contributed by atoms with Crippen LogP contribution >= 0.6 is 0 Å². The van der Waals surface area contributed by atoms with Gasteiger partial charge in [0, 0.05) is 19.6 Å². The molecule has 18 heavy (non-hydrogen) atoms. The van der Waals surface area contributed by atoms with E-state index >= 15 is 0 Å². The molecule has 1 unspecified atom stereocenters. The first-order valence-corrected chi connectivity index (χ1v) is 6.79. The number of halogens is 1. The molecule has 100 valence electrons. The van der Waals surface area contributed by atoms with E-state index in [4.69, 9.17) is 0 Å². The van der Waals surface area contributed by atoms with Crippen LogP contribution in [0.5, 0.6) is 0 Å². The lowest BCUT2D eigenvalue weighted by molar-refractivity contribution is 0.321. The van der Waals surface area contributed by atoms with Gasteiger partial charge in [0.2, 0.25) is 0 Å². The smallest absolute Gasteiger partial charge is 0.146 e. The van der Waals surface area contributed by atoms with E-state index in [2.05, 4.69) is 5.32 Å². The number of nitrogens with one attached hydrogen (secondary N) is 1. The largest absolute Gasteiger partial charge is 0.372 e. The molecule has 1 aliphatic carbocycles. The summed E-state index contributed by atoms with van der Waals surface area (Å²) in [6.45, 7) is 3.00. The van der Waals surface area contributed by atoms with Crippen LogP contribution in [0, 0.1) is 11.7 Å². The van der Waals surface area contributed by atoms with Gasteiger partial charge in [-0.25, -0.2) is 4.39 Å². The van der Waals surface area contributed by atoms with Crippen molar-refractivity contribution >= 4 is 5.69 Å². The third-order valence-corrected chi connectivity index (χ3v) is 4.07. The molecule has 1 aromatic carbocycles. The van der Waals surface area contributed by atoms with Crippen molar-refractivity contribution in [2.45, 2.75) is 32.2 Å².